The zero-order valence-electron chi connectivity index (χ0n) is 17.4. The number of anilines is 1. The average molecular weight is 540 g/mol. The van der Waals surface area contributed by atoms with Gasteiger partial charge in [-0.1, -0.05) is 46.3 Å². The number of halogens is 2. The monoisotopic (exact) mass is 538 g/mol. The van der Waals surface area contributed by atoms with E-state index in [1.165, 1.54) is 10.6 Å². The maximum atomic E-state index is 13.3. The zero-order valence-corrected chi connectivity index (χ0v) is 20.7. The Balaban J connectivity index is 0.00000289. The Bertz CT molecular complexity index is 1170. The van der Waals surface area contributed by atoms with Crippen molar-refractivity contribution in [3.05, 3.63) is 82.3 Å². The van der Waals surface area contributed by atoms with Crippen LogP contribution >= 0.6 is 28.3 Å². The van der Waals surface area contributed by atoms with Gasteiger partial charge in [0.2, 0.25) is 15.9 Å². The number of sulfonamides is 1. The summed E-state index contributed by atoms with van der Waals surface area (Å²) < 4.78 is 27.9. The van der Waals surface area contributed by atoms with E-state index in [9.17, 15) is 13.2 Å². The van der Waals surface area contributed by atoms with Gasteiger partial charge in [0, 0.05) is 41.2 Å². The molecule has 170 valence electrons. The number of benzene rings is 2. The first kappa shape index (κ1) is 24.4. The Kier molecular flexibility index (Phi) is 7.76. The van der Waals surface area contributed by atoms with E-state index in [1.54, 1.807) is 17.4 Å². The van der Waals surface area contributed by atoms with Gasteiger partial charge in [0.25, 0.3) is 0 Å². The van der Waals surface area contributed by atoms with E-state index in [-0.39, 0.29) is 37.8 Å². The summed E-state index contributed by atoms with van der Waals surface area (Å²) in [6.45, 7) is 0.475. The molecule has 1 aliphatic rings. The number of amides is 1. The molecule has 1 amide bonds. The molecule has 0 saturated heterocycles. The van der Waals surface area contributed by atoms with E-state index in [2.05, 4.69) is 25.9 Å². The van der Waals surface area contributed by atoms with Crippen LogP contribution in [0.3, 0.4) is 0 Å². The fraction of sp³-hybridized carbons (Fsp3) is 0.273. The highest BCUT2D eigenvalue weighted by Gasteiger charge is 2.35. The molecule has 1 N–H and O–H groups in total. The highest BCUT2D eigenvalue weighted by atomic mass is 79.9. The number of carbonyl (C=O) groups is 1. The third-order valence-electron chi connectivity index (χ3n) is 5.40. The molecular formula is C22H24BrClN4O3S. The molecule has 3 aromatic rings. The molecule has 1 aliphatic heterocycles. The summed E-state index contributed by atoms with van der Waals surface area (Å²) in [5, 5.41) is 0. The zero-order chi connectivity index (χ0) is 22.0. The van der Waals surface area contributed by atoms with Crippen LogP contribution in [0.1, 0.15) is 16.8 Å². The van der Waals surface area contributed by atoms with Gasteiger partial charge in [0.1, 0.15) is 0 Å². The number of hydrogen-bond acceptors (Lipinski definition) is 4. The number of carbonyl (C=O) groups excluding carboxylic acids is 1. The summed E-state index contributed by atoms with van der Waals surface area (Å²) >= 11 is 3.48. The van der Waals surface area contributed by atoms with Gasteiger partial charge in [-0.3, -0.25) is 4.79 Å². The molecule has 0 radical (unpaired) electrons. The van der Waals surface area contributed by atoms with Crippen molar-refractivity contribution in [1.29, 1.82) is 0 Å². The van der Waals surface area contributed by atoms with Crippen LogP contribution in [0.4, 0.5) is 5.69 Å². The Morgan fingerprint density at radius 3 is 2.62 bits per heavy atom. The molecule has 1 aromatic heterocycles. The lowest BCUT2D eigenvalue weighted by Crippen LogP contribution is -2.47. The van der Waals surface area contributed by atoms with Crippen molar-refractivity contribution in [2.75, 3.05) is 17.7 Å². The summed E-state index contributed by atoms with van der Waals surface area (Å²) in [6.07, 6.45) is 5.07. The first-order valence-corrected chi connectivity index (χ1v) is 12.5. The standard InChI is InChI=1S/C22H23BrN4O3S.ClH/c1-31(29,30)27-13-17-10-18(23)7-8-21(17)26(22(28)11-19-12-24-15-25-19)14-20(27)9-16-5-3-2-4-6-16;/h2-8,10,12,15,20H,9,11,13-14H2,1H3,(H,24,25);1H/t20-;/m1./s1. The van der Waals surface area contributed by atoms with Crippen molar-refractivity contribution < 1.29 is 13.2 Å². The van der Waals surface area contributed by atoms with Gasteiger partial charge in [0.05, 0.1) is 19.0 Å². The minimum atomic E-state index is -3.51. The van der Waals surface area contributed by atoms with Crippen LogP contribution in [-0.2, 0) is 34.2 Å². The molecular weight excluding hydrogens is 516 g/mol. The third-order valence-corrected chi connectivity index (χ3v) is 7.17. The van der Waals surface area contributed by atoms with Crippen LogP contribution < -0.4 is 4.90 Å². The van der Waals surface area contributed by atoms with Gasteiger partial charge < -0.3 is 9.88 Å². The Labute approximate surface area is 202 Å². The first-order valence-electron chi connectivity index (χ1n) is 9.88. The highest BCUT2D eigenvalue weighted by Crippen LogP contribution is 2.32. The van der Waals surface area contributed by atoms with Crippen LogP contribution in [0.15, 0.2) is 65.5 Å². The maximum absolute atomic E-state index is 13.3. The summed E-state index contributed by atoms with van der Waals surface area (Å²) in [6, 6.07) is 15.0. The molecule has 32 heavy (non-hydrogen) atoms. The van der Waals surface area contributed by atoms with Crippen molar-refractivity contribution in [3.8, 4) is 0 Å². The molecule has 2 heterocycles. The Morgan fingerprint density at radius 2 is 1.97 bits per heavy atom. The van der Waals surface area contributed by atoms with Crippen LogP contribution in [0.5, 0.6) is 0 Å². The van der Waals surface area contributed by atoms with E-state index in [1.807, 2.05) is 48.5 Å². The van der Waals surface area contributed by atoms with Gasteiger partial charge in [-0.2, -0.15) is 4.31 Å². The van der Waals surface area contributed by atoms with Gasteiger partial charge >= 0.3 is 0 Å². The lowest BCUT2D eigenvalue weighted by molar-refractivity contribution is -0.118. The summed E-state index contributed by atoms with van der Waals surface area (Å²) in [4.78, 5) is 22.0. The second-order valence-corrected chi connectivity index (χ2v) is 10.5. The molecule has 0 saturated carbocycles. The smallest absolute Gasteiger partial charge is 0.233 e. The van der Waals surface area contributed by atoms with E-state index >= 15 is 0 Å². The quantitative estimate of drug-likeness (QED) is 0.537. The number of hydrogen-bond donors (Lipinski definition) is 1. The fourth-order valence-corrected chi connectivity index (χ4v) is 5.42. The second kappa shape index (κ2) is 10.2. The lowest BCUT2D eigenvalue weighted by Gasteiger charge is -2.30. The van der Waals surface area contributed by atoms with E-state index in [0.717, 1.165) is 21.3 Å². The van der Waals surface area contributed by atoms with Crippen molar-refractivity contribution in [2.45, 2.75) is 25.4 Å². The molecule has 0 bridgehead atoms. The molecule has 0 unspecified atom stereocenters. The Hall–Kier alpha value is -2.20. The number of rotatable bonds is 5. The summed E-state index contributed by atoms with van der Waals surface area (Å²) in [5.41, 5.74) is 3.26. The molecule has 1 atom stereocenters. The number of aromatic amines is 1. The Morgan fingerprint density at radius 1 is 1.22 bits per heavy atom. The molecule has 4 rings (SSSR count). The number of nitrogens with one attached hydrogen (secondary N) is 1. The molecule has 0 fully saturated rings. The molecule has 2 aromatic carbocycles. The number of aromatic nitrogens is 2. The van der Waals surface area contributed by atoms with Crippen LogP contribution in [0.2, 0.25) is 0 Å². The average Bonchev–Trinajstić information content (AvgIpc) is 3.17. The number of nitrogens with zero attached hydrogens (tertiary/aromatic N) is 3. The number of imidazole rings is 1. The third kappa shape index (κ3) is 5.58. The van der Waals surface area contributed by atoms with Crippen molar-refractivity contribution >= 4 is 50.0 Å². The van der Waals surface area contributed by atoms with Gasteiger partial charge in [0.15, 0.2) is 0 Å². The normalized spacial score (nSPS) is 16.7. The van der Waals surface area contributed by atoms with Gasteiger partial charge in [-0.05, 0) is 35.7 Å². The second-order valence-electron chi connectivity index (χ2n) is 7.68. The minimum Gasteiger partial charge on any atom is -0.348 e. The van der Waals surface area contributed by atoms with Crippen molar-refractivity contribution in [2.24, 2.45) is 0 Å². The predicted octanol–water partition coefficient (Wildman–Crippen LogP) is 3.56. The first-order chi connectivity index (χ1) is 14.8. The highest BCUT2D eigenvalue weighted by molar-refractivity contribution is 9.10. The van der Waals surface area contributed by atoms with Crippen molar-refractivity contribution in [1.82, 2.24) is 14.3 Å². The maximum Gasteiger partial charge on any atom is 0.233 e. The number of H-pyrrole nitrogens is 1. The van der Waals surface area contributed by atoms with Gasteiger partial charge in [-0.15, -0.1) is 12.4 Å². The predicted molar refractivity (Wildman–Crippen MR) is 130 cm³/mol. The van der Waals surface area contributed by atoms with Crippen LogP contribution in [-0.4, -0.2) is 47.4 Å². The molecule has 0 aliphatic carbocycles. The SMILES string of the molecule is CS(=O)(=O)N1Cc2cc(Br)ccc2N(C(=O)Cc2cnc[nH]2)C[C@H]1Cc1ccccc1.Cl. The number of fused-ring (bicyclic) bond motifs is 1. The lowest BCUT2D eigenvalue weighted by atomic mass is 10.1. The van der Waals surface area contributed by atoms with Gasteiger partial charge in [-0.25, -0.2) is 13.4 Å². The molecule has 10 heteroatoms. The van der Waals surface area contributed by atoms with E-state index in [0.29, 0.717) is 12.1 Å². The summed E-state index contributed by atoms with van der Waals surface area (Å²) in [5.74, 6) is -0.110. The van der Waals surface area contributed by atoms with E-state index in [4.69, 9.17) is 0 Å². The largest absolute Gasteiger partial charge is 0.348 e. The molecule has 7 nitrogen and oxygen atoms in total. The molecule has 0 spiro atoms. The minimum absolute atomic E-state index is 0. The van der Waals surface area contributed by atoms with Crippen molar-refractivity contribution in [3.63, 3.8) is 0 Å². The van der Waals surface area contributed by atoms with Crippen LogP contribution in [0, 0.1) is 0 Å². The van der Waals surface area contributed by atoms with Crippen LogP contribution in [0.25, 0.3) is 0 Å². The fourth-order valence-electron chi connectivity index (χ4n) is 3.96. The summed E-state index contributed by atoms with van der Waals surface area (Å²) in [7, 11) is -3.51. The topological polar surface area (TPSA) is 86.4 Å². The van der Waals surface area contributed by atoms with E-state index < -0.39 is 16.1 Å².